The number of carbonyl (C=O) groups excluding carboxylic acids is 1. The summed E-state index contributed by atoms with van der Waals surface area (Å²) in [7, 11) is 0. The van der Waals surface area contributed by atoms with Crippen LogP contribution in [0.1, 0.15) is 46.0 Å². The molecule has 1 aliphatic rings. The fraction of sp³-hybridized carbons (Fsp3) is 0.923. The highest BCUT2D eigenvalue weighted by Crippen LogP contribution is 2.32. The van der Waals surface area contributed by atoms with Gasteiger partial charge in [-0.15, -0.1) is 0 Å². The molecule has 0 aromatic rings. The fourth-order valence-corrected chi connectivity index (χ4v) is 2.90. The number of hydrogen-bond donors (Lipinski definition) is 2. The van der Waals surface area contributed by atoms with Crippen molar-refractivity contribution in [3.05, 3.63) is 0 Å². The lowest BCUT2D eigenvalue weighted by atomic mass is 9.80. The van der Waals surface area contributed by atoms with Crippen LogP contribution in [0.15, 0.2) is 0 Å². The first-order valence-corrected chi connectivity index (χ1v) is 6.90. The zero-order chi connectivity index (χ0) is 12.7. The summed E-state index contributed by atoms with van der Waals surface area (Å²) < 4.78 is 0. The minimum absolute atomic E-state index is 0.0675. The molecule has 4 nitrogen and oxygen atoms in total. The van der Waals surface area contributed by atoms with Gasteiger partial charge in [0, 0.05) is 18.6 Å². The molecule has 3 N–H and O–H groups in total. The quantitative estimate of drug-likeness (QED) is 0.732. The predicted octanol–water partition coefficient (Wildman–Crippen LogP) is 1.11. The molecule has 0 aliphatic heterocycles. The van der Waals surface area contributed by atoms with Crippen molar-refractivity contribution in [3.8, 4) is 0 Å². The van der Waals surface area contributed by atoms with Crippen molar-refractivity contribution in [2.75, 3.05) is 26.2 Å². The van der Waals surface area contributed by atoms with Gasteiger partial charge in [-0.1, -0.05) is 26.2 Å². The summed E-state index contributed by atoms with van der Waals surface area (Å²) in [6.07, 6.45) is 6.06. The molecule has 1 fully saturated rings. The molecule has 0 aromatic carbocycles. The number of hydrogen-bond acceptors (Lipinski definition) is 3. The second kappa shape index (κ2) is 6.97. The van der Waals surface area contributed by atoms with Crippen LogP contribution in [0.3, 0.4) is 0 Å². The molecule has 0 unspecified atom stereocenters. The first-order valence-electron chi connectivity index (χ1n) is 6.90. The van der Waals surface area contributed by atoms with Crippen molar-refractivity contribution < 1.29 is 4.79 Å². The Labute approximate surface area is 105 Å². The number of nitrogens with two attached hydrogens (primary N) is 1. The fourth-order valence-electron chi connectivity index (χ4n) is 2.90. The van der Waals surface area contributed by atoms with Gasteiger partial charge in [-0.2, -0.15) is 0 Å². The Bertz CT molecular complexity index is 237. The number of rotatable bonds is 6. The minimum atomic E-state index is 0.0675. The number of amides is 1. The molecular formula is C13H27N3O. The summed E-state index contributed by atoms with van der Waals surface area (Å²) in [4.78, 5) is 14.0. The summed E-state index contributed by atoms with van der Waals surface area (Å²) in [5.74, 6) is 0.118. The van der Waals surface area contributed by atoms with E-state index in [4.69, 9.17) is 5.73 Å². The highest BCUT2D eigenvalue weighted by molar-refractivity contribution is 5.78. The lowest BCUT2D eigenvalue weighted by Gasteiger charge is -2.45. The molecule has 100 valence electrons. The number of nitrogens with one attached hydrogen (secondary N) is 1. The molecule has 4 heteroatoms. The molecular weight excluding hydrogens is 214 g/mol. The first-order chi connectivity index (χ1) is 8.18. The predicted molar refractivity (Wildman–Crippen MR) is 70.8 cm³/mol. The molecule has 1 aliphatic carbocycles. The SMILES string of the molecule is CCNC(=O)CN(CC)C1(CN)CCCCC1. The maximum atomic E-state index is 11.7. The van der Waals surface area contributed by atoms with Gasteiger partial charge in [0.25, 0.3) is 0 Å². The van der Waals surface area contributed by atoms with Crippen LogP contribution < -0.4 is 11.1 Å². The Hall–Kier alpha value is -0.610. The van der Waals surface area contributed by atoms with E-state index in [9.17, 15) is 4.79 Å². The molecule has 17 heavy (non-hydrogen) atoms. The molecule has 0 aromatic heterocycles. The Morgan fingerprint density at radius 3 is 2.41 bits per heavy atom. The van der Waals surface area contributed by atoms with Gasteiger partial charge in [-0.05, 0) is 26.3 Å². The summed E-state index contributed by atoms with van der Waals surface area (Å²) in [5.41, 5.74) is 6.06. The van der Waals surface area contributed by atoms with E-state index in [-0.39, 0.29) is 11.4 Å². The first kappa shape index (κ1) is 14.5. The van der Waals surface area contributed by atoms with Gasteiger partial charge in [0.2, 0.25) is 5.91 Å². The van der Waals surface area contributed by atoms with Crippen molar-refractivity contribution in [2.24, 2.45) is 5.73 Å². The Morgan fingerprint density at radius 2 is 1.94 bits per heavy atom. The zero-order valence-electron chi connectivity index (χ0n) is 11.3. The lowest BCUT2D eigenvalue weighted by Crippen LogP contribution is -2.57. The standard InChI is InChI=1S/C13H27N3O/c1-3-15-12(17)10-16(4-2)13(11-14)8-6-5-7-9-13/h3-11,14H2,1-2H3,(H,15,17). The second-order valence-corrected chi connectivity index (χ2v) is 4.96. The van der Waals surface area contributed by atoms with E-state index in [1.54, 1.807) is 0 Å². The second-order valence-electron chi connectivity index (χ2n) is 4.96. The van der Waals surface area contributed by atoms with Crippen molar-refractivity contribution in [1.29, 1.82) is 0 Å². The van der Waals surface area contributed by atoms with E-state index in [1.165, 1.54) is 19.3 Å². The number of nitrogens with zero attached hydrogens (tertiary/aromatic N) is 1. The van der Waals surface area contributed by atoms with Gasteiger partial charge in [0.1, 0.15) is 0 Å². The average Bonchev–Trinajstić information content (AvgIpc) is 2.37. The van der Waals surface area contributed by atoms with Gasteiger partial charge in [-0.25, -0.2) is 0 Å². The molecule has 0 radical (unpaired) electrons. The zero-order valence-corrected chi connectivity index (χ0v) is 11.3. The van der Waals surface area contributed by atoms with E-state index in [0.717, 1.165) is 19.4 Å². The van der Waals surface area contributed by atoms with Gasteiger partial charge in [0.15, 0.2) is 0 Å². The third-order valence-electron chi connectivity index (χ3n) is 3.93. The van der Waals surface area contributed by atoms with Crippen molar-refractivity contribution in [1.82, 2.24) is 10.2 Å². The summed E-state index contributed by atoms with van der Waals surface area (Å²) >= 11 is 0. The van der Waals surface area contributed by atoms with Crippen LogP contribution in [-0.4, -0.2) is 42.5 Å². The van der Waals surface area contributed by atoms with E-state index in [1.807, 2.05) is 6.92 Å². The van der Waals surface area contributed by atoms with Crippen LogP contribution in [0.25, 0.3) is 0 Å². The van der Waals surface area contributed by atoms with E-state index in [2.05, 4.69) is 17.1 Å². The van der Waals surface area contributed by atoms with Crippen molar-refractivity contribution in [3.63, 3.8) is 0 Å². The largest absolute Gasteiger partial charge is 0.355 e. The van der Waals surface area contributed by atoms with Crippen LogP contribution in [0.4, 0.5) is 0 Å². The molecule has 0 heterocycles. The van der Waals surface area contributed by atoms with Crippen LogP contribution in [0.5, 0.6) is 0 Å². The number of likely N-dealkylation sites (N-methyl/N-ethyl adjacent to an activating group) is 2. The highest BCUT2D eigenvalue weighted by atomic mass is 16.2. The van der Waals surface area contributed by atoms with E-state index in [0.29, 0.717) is 19.6 Å². The van der Waals surface area contributed by atoms with E-state index < -0.39 is 0 Å². The lowest BCUT2D eigenvalue weighted by molar-refractivity contribution is -0.124. The van der Waals surface area contributed by atoms with Crippen LogP contribution in [-0.2, 0) is 4.79 Å². The molecule has 0 atom stereocenters. The van der Waals surface area contributed by atoms with Crippen molar-refractivity contribution in [2.45, 2.75) is 51.5 Å². The van der Waals surface area contributed by atoms with Crippen LogP contribution >= 0.6 is 0 Å². The van der Waals surface area contributed by atoms with Gasteiger partial charge < -0.3 is 11.1 Å². The average molecular weight is 241 g/mol. The van der Waals surface area contributed by atoms with Gasteiger partial charge in [-0.3, -0.25) is 9.69 Å². The third kappa shape index (κ3) is 3.68. The molecule has 0 bridgehead atoms. The van der Waals surface area contributed by atoms with Gasteiger partial charge >= 0.3 is 0 Å². The minimum Gasteiger partial charge on any atom is -0.355 e. The Morgan fingerprint density at radius 1 is 1.29 bits per heavy atom. The maximum absolute atomic E-state index is 11.7. The van der Waals surface area contributed by atoms with Gasteiger partial charge in [0.05, 0.1) is 6.54 Å². The summed E-state index contributed by atoms with van der Waals surface area (Å²) in [6, 6.07) is 0. The topological polar surface area (TPSA) is 58.4 Å². The van der Waals surface area contributed by atoms with Crippen LogP contribution in [0, 0.1) is 0 Å². The Kier molecular flexibility index (Phi) is 5.92. The highest BCUT2D eigenvalue weighted by Gasteiger charge is 2.36. The van der Waals surface area contributed by atoms with Crippen LogP contribution in [0.2, 0.25) is 0 Å². The van der Waals surface area contributed by atoms with E-state index >= 15 is 0 Å². The normalized spacial score (nSPS) is 19.3. The third-order valence-corrected chi connectivity index (χ3v) is 3.93. The monoisotopic (exact) mass is 241 g/mol. The molecule has 1 rings (SSSR count). The Balaban J connectivity index is 2.65. The molecule has 0 spiro atoms. The molecule has 1 amide bonds. The molecule has 0 saturated heterocycles. The summed E-state index contributed by atoms with van der Waals surface area (Å²) in [6.45, 7) is 6.82. The van der Waals surface area contributed by atoms with Crippen molar-refractivity contribution >= 4 is 5.91 Å². The summed E-state index contributed by atoms with van der Waals surface area (Å²) in [5, 5.41) is 2.87. The smallest absolute Gasteiger partial charge is 0.234 e. The maximum Gasteiger partial charge on any atom is 0.234 e. The number of carbonyl (C=O) groups is 1. The molecule has 1 saturated carbocycles.